The van der Waals surface area contributed by atoms with Crippen molar-refractivity contribution in [3.8, 4) is 0 Å². The van der Waals surface area contributed by atoms with Gasteiger partial charge in [0.05, 0.1) is 58.3 Å². The first-order chi connectivity index (χ1) is 13.7. The van der Waals surface area contributed by atoms with Crippen molar-refractivity contribution in [2.75, 3.05) is 52.9 Å². The van der Waals surface area contributed by atoms with Crippen LogP contribution >= 0.6 is 0 Å². The third kappa shape index (κ3) is 16.4. The number of rotatable bonds is 20. The zero-order valence-electron chi connectivity index (χ0n) is 16.6. The Kier molecular flexibility index (Phi) is 14.4. The zero-order valence-corrected chi connectivity index (χ0v) is 16.6. The summed E-state index contributed by atoms with van der Waals surface area (Å²) in [4.78, 5) is 43.5. The molecule has 0 saturated carbocycles. The molecule has 0 fully saturated rings. The predicted octanol–water partition coefficient (Wildman–Crippen LogP) is -2.46. The minimum atomic E-state index is -0.843. The zero-order chi connectivity index (χ0) is 22.1. The van der Waals surface area contributed by atoms with Crippen LogP contribution in [0.2, 0.25) is 0 Å². The first-order valence-corrected chi connectivity index (χ1v) is 9.11. The van der Waals surface area contributed by atoms with E-state index in [9.17, 15) is 19.2 Å². The molecule has 168 valence electrons. The average molecular weight is 420 g/mol. The predicted molar refractivity (Wildman–Crippen MR) is 101 cm³/mol. The number of ether oxygens (including phenoxy) is 4. The molecule has 0 radical (unpaired) electrons. The van der Waals surface area contributed by atoms with Crippen molar-refractivity contribution >= 4 is 23.6 Å². The molecule has 0 aliphatic heterocycles. The summed E-state index contributed by atoms with van der Waals surface area (Å²) in [5.41, 5.74) is 19.5. The summed E-state index contributed by atoms with van der Waals surface area (Å²) in [7, 11) is 0. The number of carbonyl (C=O) groups is 4. The number of carbonyl (C=O) groups excluding carboxylic acids is 4. The van der Waals surface area contributed by atoms with Crippen molar-refractivity contribution in [1.82, 2.24) is 0 Å². The molecule has 29 heavy (non-hydrogen) atoms. The summed E-state index contributed by atoms with van der Waals surface area (Å²) >= 11 is 0. The lowest BCUT2D eigenvalue weighted by atomic mass is 9.92. The van der Waals surface area contributed by atoms with Gasteiger partial charge in [-0.15, -0.1) is 0 Å². The fourth-order valence-electron chi connectivity index (χ4n) is 2.10. The van der Waals surface area contributed by atoms with E-state index in [-0.39, 0.29) is 78.5 Å². The van der Waals surface area contributed by atoms with Crippen LogP contribution in [0.5, 0.6) is 0 Å². The maximum atomic E-state index is 10.9. The fourth-order valence-corrected chi connectivity index (χ4v) is 2.10. The van der Waals surface area contributed by atoms with Crippen LogP contribution in [0.4, 0.5) is 0 Å². The molecule has 0 aromatic rings. The van der Waals surface area contributed by atoms with Crippen molar-refractivity contribution in [2.24, 2.45) is 28.3 Å². The quantitative estimate of drug-likeness (QED) is 0.155. The van der Waals surface area contributed by atoms with Gasteiger partial charge in [-0.3, -0.25) is 19.2 Å². The topological polar surface area (TPSA) is 209 Å². The minimum Gasteiger partial charge on any atom is -0.380 e. The van der Waals surface area contributed by atoms with Gasteiger partial charge in [-0.05, 0) is 0 Å². The van der Waals surface area contributed by atoms with Crippen LogP contribution in [-0.2, 0) is 38.1 Å². The summed E-state index contributed by atoms with van der Waals surface area (Å²) in [6, 6.07) is 0. The Morgan fingerprint density at radius 1 is 0.483 bits per heavy atom. The molecule has 0 atom stereocenters. The maximum absolute atomic E-state index is 10.9. The monoisotopic (exact) mass is 420 g/mol. The number of hydrogen-bond donors (Lipinski definition) is 4. The Bertz CT molecular complexity index is 436. The van der Waals surface area contributed by atoms with E-state index < -0.39 is 29.0 Å². The van der Waals surface area contributed by atoms with Gasteiger partial charge in [0.2, 0.25) is 23.6 Å². The molecule has 0 aliphatic carbocycles. The van der Waals surface area contributed by atoms with Gasteiger partial charge in [0, 0.05) is 25.7 Å². The van der Waals surface area contributed by atoms with Gasteiger partial charge in [-0.2, -0.15) is 0 Å². The average Bonchev–Trinajstić information content (AvgIpc) is 2.62. The molecule has 0 heterocycles. The van der Waals surface area contributed by atoms with Crippen molar-refractivity contribution < 1.29 is 38.1 Å². The van der Waals surface area contributed by atoms with Crippen molar-refractivity contribution in [2.45, 2.75) is 25.7 Å². The highest BCUT2D eigenvalue weighted by Gasteiger charge is 2.32. The van der Waals surface area contributed by atoms with E-state index in [0.29, 0.717) is 0 Å². The van der Waals surface area contributed by atoms with Crippen LogP contribution in [0.1, 0.15) is 25.7 Å². The van der Waals surface area contributed by atoms with Crippen LogP contribution in [0.25, 0.3) is 0 Å². The molecule has 0 unspecified atom stereocenters. The molecule has 8 N–H and O–H groups in total. The second kappa shape index (κ2) is 15.6. The molecule has 0 aromatic heterocycles. The number of hydrogen-bond acceptors (Lipinski definition) is 8. The molecule has 4 amide bonds. The number of primary amides is 4. The SMILES string of the molecule is NC(=O)CCOCC(COCCC(N)=O)(COCCC(N)=O)COCCC(N)=O. The van der Waals surface area contributed by atoms with Gasteiger partial charge in [-0.1, -0.05) is 0 Å². The highest BCUT2D eigenvalue weighted by molar-refractivity contribution is 5.74. The highest BCUT2D eigenvalue weighted by atomic mass is 16.5. The molecule has 0 bridgehead atoms. The van der Waals surface area contributed by atoms with E-state index >= 15 is 0 Å². The molecule has 0 saturated heterocycles. The Morgan fingerprint density at radius 3 is 0.862 bits per heavy atom. The van der Waals surface area contributed by atoms with Crippen LogP contribution in [0.3, 0.4) is 0 Å². The van der Waals surface area contributed by atoms with Crippen LogP contribution in [0, 0.1) is 5.41 Å². The van der Waals surface area contributed by atoms with Crippen molar-refractivity contribution in [1.29, 1.82) is 0 Å². The Morgan fingerprint density at radius 2 is 0.690 bits per heavy atom. The lowest BCUT2D eigenvalue weighted by Gasteiger charge is -2.33. The summed E-state index contributed by atoms with van der Waals surface area (Å²) in [6.45, 7) is 0.631. The Balaban J connectivity index is 4.94. The molecule has 0 rings (SSSR count). The van der Waals surface area contributed by atoms with Crippen LogP contribution in [0.15, 0.2) is 0 Å². The third-order valence-electron chi connectivity index (χ3n) is 3.60. The number of nitrogens with two attached hydrogens (primary N) is 4. The summed E-state index contributed by atoms with van der Waals surface area (Å²) < 4.78 is 22.1. The van der Waals surface area contributed by atoms with Gasteiger partial charge in [-0.25, -0.2) is 0 Å². The van der Waals surface area contributed by atoms with Gasteiger partial charge in [0.1, 0.15) is 0 Å². The first kappa shape index (κ1) is 26.7. The van der Waals surface area contributed by atoms with Crippen LogP contribution < -0.4 is 22.9 Å². The van der Waals surface area contributed by atoms with E-state index in [1.165, 1.54) is 0 Å². The van der Waals surface area contributed by atoms with E-state index in [2.05, 4.69) is 0 Å². The standard InChI is InChI=1S/C17H32N4O8/c18-13(22)1-5-26-9-17(10-27-6-2-14(19)23,11-28-7-3-15(20)24)12-29-8-4-16(21)25/h1-12H2,(H2,18,22)(H2,19,23)(H2,20,24)(H2,21,25). The third-order valence-corrected chi connectivity index (χ3v) is 3.60. The summed E-state index contributed by atoms with van der Waals surface area (Å²) in [5.74, 6) is -2.04. The largest absolute Gasteiger partial charge is 0.380 e. The molecule has 0 spiro atoms. The smallest absolute Gasteiger partial charge is 0.219 e. The number of amides is 4. The van der Waals surface area contributed by atoms with Gasteiger partial charge < -0.3 is 41.9 Å². The molecule has 0 aromatic carbocycles. The molecular weight excluding hydrogens is 388 g/mol. The molecular formula is C17H32N4O8. The lowest BCUT2D eigenvalue weighted by Crippen LogP contribution is -2.42. The van der Waals surface area contributed by atoms with Crippen LogP contribution in [-0.4, -0.2) is 76.5 Å². The van der Waals surface area contributed by atoms with E-state index in [1.54, 1.807) is 0 Å². The summed E-state index contributed by atoms with van der Waals surface area (Å²) in [6.07, 6.45) is 0.126. The molecule has 0 aliphatic rings. The second-order valence-electron chi connectivity index (χ2n) is 6.58. The lowest BCUT2D eigenvalue weighted by molar-refractivity contribution is -0.126. The Hall–Kier alpha value is -2.28. The Labute approximate surface area is 169 Å². The van der Waals surface area contributed by atoms with E-state index in [1.807, 2.05) is 0 Å². The molecule has 12 nitrogen and oxygen atoms in total. The fraction of sp³-hybridized carbons (Fsp3) is 0.765. The van der Waals surface area contributed by atoms with Crippen molar-refractivity contribution in [3.05, 3.63) is 0 Å². The first-order valence-electron chi connectivity index (χ1n) is 9.11. The normalized spacial score (nSPS) is 11.3. The van der Waals surface area contributed by atoms with E-state index in [4.69, 9.17) is 41.9 Å². The summed E-state index contributed by atoms with van der Waals surface area (Å²) in [5, 5.41) is 0. The van der Waals surface area contributed by atoms with E-state index in [0.717, 1.165) is 0 Å². The second-order valence-corrected chi connectivity index (χ2v) is 6.58. The highest BCUT2D eigenvalue weighted by Crippen LogP contribution is 2.21. The van der Waals surface area contributed by atoms with Crippen molar-refractivity contribution in [3.63, 3.8) is 0 Å². The van der Waals surface area contributed by atoms with Gasteiger partial charge in [0.25, 0.3) is 0 Å². The maximum Gasteiger partial charge on any atom is 0.219 e. The molecule has 12 heteroatoms. The van der Waals surface area contributed by atoms with Gasteiger partial charge in [0.15, 0.2) is 0 Å². The minimum absolute atomic E-state index is 0.0314. The van der Waals surface area contributed by atoms with Gasteiger partial charge >= 0.3 is 0 Å².